The summed E-state index contributed by atoms with van der Waals surface area (Å²) >= 11 is 6.01. The summed E-state index contributed by atoms with van der Waals surface area (Å²) in [6.07, 6.45) is 3.87. The van der Waals surface area contributed by atoms with Crippen LogP contribution in [0.25, 0.3) is 0 Å². The molecule has 0 bridgehead atoms. The monoisotopic (exact) mass is 518 g/mol. The third kappa shape index (κ3) is 5.52. The second-order valence-corrected chi connectivity index (χ2v) is 8.25. The number of ether oxygens (including phenoxy) is 1. The highest BCUT2D eigenvalue weighted by Crippen LogP contribution is 2.23. The van der Waals surface area contributed by atoms with Crippen molar-refractivity contribution in [1.29, 1.82) is 0 Å². The SMILES string of the molecule is Cc1ocnc1C(=O)Nc1cnc(Nc2ccc(Oc3ccon3)cc2)n(Cc2ccc(Cl)cc2)c1=O. The average Bonchev–Trinajstić information content (AvgIpc) is 3.57. The Morgan fingerprint density at radius 1 is 1.08 bits per heavy atom. The maximum atomic E-state index is 13.4. The number of carbonyl (C=O) groups excluding carboxylic acids is 1. The minimum Gasteiger partial charge on any atom is -0.448 e. The number of aromatic nitrogens is 4. The standard InChI is InChI=1S/C25H19ClN6O5/c1-15-22(28-14-35-15)23(33)30-20-12-27-25(32(24(20)34)13-16-2-4-17(26)5-3-16)29-18-6-8-19(9-7-18)37-21-10-11-36-31-21/h2-12,14H,13H2,1H3,(H,27,29)(H,30,33). The van der Waals surface area contributed by atoms with Gasteiger partial charge in [0.05, 0.1) is 12.7 Å². The Morgan fingerprint density at radius 3 is 2.54 bits per heavy atom. The van der Waals surface area contributed by atoms with E-state index in [-0.39, 0.29) is 23.9 Å². The summed E-state index contributed by atoms with van der Waals surface area (Å²) in [6.45, 7) is 1.78. The zero-order valence-corrected chi connectivity index (χ0v) is 20.1. The molecule has 186 valence electrons. The number of oxazole rings is 1. The van der Waals surface area contributed by atoms with Crippen LogP contribution in [0.2, 0.25) is 5.02 Å². The van der Waals surface area contributed by atoms with Crippen molar-refractivity contribution in [3.63, 3.8) is 0 Å². The minimum atomic E-state index is -0.577. The van der Waals surface area contributed by atoms with Gasteiger partial charge in [-0.2, -0.15) is 0 Å². The number of aryl methyl sites for hydroxylation is 1. The number of nitrogens with one attached hydrogen (secondary N) is 2. The van der Waals surface area contributed by atoms with E-state index in [2.05, 4.69) is 25.8 Å². The van der Waals surface area contributed by atoms with E-state index in [9.17, 15) is 9.59 Å². The lowest BCUT2D eigenvalue weighted by Crippen LogP contribution is -2.29. The van der Waals surface area contributed by atoms with Crippen molar-refractivity contribution in [2.75, 3.05) is 10.6 Å². The lowest BCUT2D eigenvalue weighted by Gasteiger charge is -2.16. The number of rotatable bonds is 8. The van der Waals surface area contributed by atoms with Gasteiger partial charge in [0.25, 0.3) is 17.3 Å². The molecule has 0 saturated carbocycles. The number of halogens is 1. The van der Waals surface area contributed by atoms with Crippen molar-refractivity contribution in [3.8, 4) is 11.6 Å². The predicted octanol–water partition coefficient (Wildman–Crippen LogP) is 5.02. The maximum Gasteiger partial charge on any atom is 0.279 e. The highest BCUT2D eigenvalue weighted by atomic mass is 35.5. The quantitative estimate of drug-likeness (QED) is 0.290. The van der Waals surface area contributed by atoms with Gasteiger partial charge in [-0.05, 0) is 54.0 Å². The average molecular weight is 519 g/mol. The summed E-state index contributed by atoms with van der Waals surface area (Å²) in [4.78, 5) is 34.3. The Balaban J connectivity index is 1.43. The molecule has 3 heterocycles. The van der Waals surface area contributed by atoms with Crippen LogP contribution >= 0.6 is 11.6 Å². The summed E-state index contributed by atoms with van der Waals surface area (Å²) in [5.74, 6) is 0.901. The van der Waals surface area contributed by atoms with Crippen LogP contribution in [-0.4, -0.2) is 25.6 Å². The van der Waals surface area contributed by atoms with Crippen molar-refractivity contribution in [2.45, 2.75) is 13.5 Å². The molecule has 0 aliphatic carbocycles. The largest absolute Gasteiger partial charge is 0.448 e. The van der Waals surface area contributed by atoms with E-state index in [1.165, 1.54) is 17.0 Å². The predicted molar refractivity (Wildman–Crippen MR) is 135 cm³/mol. The number of hydrogen-bond donors (Lipinski definition) is 2. The third-order valence-corrected chi connectivity index (χ3v) is 5.51. The summed E-state index contributed by atoms with van der Waals surface area (Å²) in [5, 5.41) is 10.00. The second kappa shape index (κ2) is 10.4. The number of amides is 1. The van der Waals surface area contributed by atoms with E-state index in [0.29, 0.717) is 28.1 Å². The summed E-state index contributed by atoms with van der Waals surface area (Å²) in [6, 6.07) is 15.6. The Morgan fingerprint density at radius 2 is 1.86 bits per heavy atom. The number of carbonyl (C=O) groups is 1. The van der Waals surface area contributed by atoms with E-state index >= 15 is 0 Å². The summed E-state index contributed by atoms with van der Waals surface area (Å²) < 4.78 is 16.8. The fraction of sp³-hybridized carbons (Fsp3) is 0.0800. The Hall–Kier alpha value is -4.90. The Bertz CT molecular complexity index is 1580. The molecular formula is C25H19ClN6O5. The van der Waals surface area contributed by atoms with E-state index in [1.807, 2.05) is 0 Å². The fourth-order valence-corrected chi connectivity index (χ4v) is 3.54. The highest BCUT2D eigenvalue weighted by molar-refractivity contribution is 6.30. The highest BCUT2D eigenvalue weighted by Gasteiger charge is 2.18. The van der Waals surface area contributed by atoms with Gasteiger partial charge in [0.1, 0.15) is 23.5 Å². The van der Waals surface area contributed by atoms with Crippen molar-refractivity contribution in [1.82, 2.24) is 19.7 Å². The fourth-order valence-electron chi connectivity index (χ4n) is 3.41. The molecule has 0 aliphatic rings. The molecule has 1 amide bonds. The van der Waals surface area contributed by atoms with Gasteiger partial charge < -0.3 is 24.3 Å². The first-order valence-electron chi connectivity index (χ1n) is 11.0. The van der Waals surface area contributed by atoms with Crippen LogP contribution in [-0.2, 0) is 6.54 Å². The Labute approximate surface area is 214 Å². The van der Waals surface area contributed by atoms with Crippen molar-refractivity contribution < 1.29 is 18.5 Å². The van der Waals surface area contributed by atoms with Gasteiger partial charge in [-0.1, -0.05) is 23.7 Å². The van der Waals surface area contributed by atoms with Crippen molar-refractivity contribution in [2.24, 2.45) is 0 Å². The molecule has 37 heavy (non-hydrogen) atoms. The first-order chi connectivity index (χ1) is 18.0. The van der Waals surface area contributed by atoms with Crippen LogP contribution < -0.4 is 20.9 Å². The molecule has 0 aliphatic heterocycles. The van der Waals surface area contributed by atoms with E-state index in [1.54, 1.807) is 61.5 Å². The Kier molecular flexibility index (Phi) is 6.68. The molecule has 0 saturated heterocycles. The maximum absolute atomic E-state index is 13.4. The number of hydrogen-bond acceptors (Lipinski definition) is 9. The lowest BCUT2D eigenvalue weighted by molar-refractivity contribution is 0.102. The topological polar surface area (TPSA) is 137 Å². The van der Waals surface area contributed by atoms with Gasteiger partial charge in [0, 0.05) is 16.8 Å². The summed E-state index contributed by atoms with van der Waals surface area (Å²) in [7, 11) is 0. The van der Waals surface area contributed by atoms with Gasteiger partial charge >= 0.3 is 0 Å². The second-order valence-electron chi connectivity index (χ2n) is 7.81. The summed E-state index contributed by atoms with van der Waals surface area (Å²) in [5.41, 5.74) is 1.07. The van der Waals surface area contributed by atoms with Gasteiger partial charge in [-0.3, -0.25) is 14.2 Å². The molecule has 0 spiro atoms. The number of benzene rings is 2. The van der Waals surface area contributed by atoms with Crippen molar-refractivity contribution in [3.05, 3.63) is 106 Å². The zero-order valence-electron chi connectivity index (χ0n) is 19.3. The normalized spacial score (nSPS) is 10.8. The van der Waals surface area contributed by atoms with Crippen LogP contribution in [0, 0.1) is 6.92 Å². The van der Waals surface area contributed by atoms with Gasteiger partial charge in [0.2, 0.25) is 5.95 Å². The van der Waals surface area contributed by atoms with Gasteiger partial charge in [-0.15, -0.1) is 0 Å². The van der Waals surface area contributed by atoms with Crippen LogP contribution in [0.3, 0.4) is 0 Å². The van der Waals surface area contributed by atoms with Crippen LogP contribution in [0.4, 0.5) is 17.3 Å². The van der Waals surface area contributed by atoms with Crippen LogP contribution in [0.5, 0.6) is 11.6 Å². The molecule has 0 atom stereocenters. The lowest BCUT2D eigenvalue weighted by atomic mass is 10.2. The van der Waals surface area contributed by atoms with Gasteiger partial charge in [0.15, 0.2) is 12.1 Å². The molecule has 3 aromatic heterocycles. The molecule has 2 N–H and O–H groups in total. The first-order valence-corrected chi connectivity index (χ1v) is 11.3. The van der Waals surface area contributed by atoms with Gasteiger partial charge in [-0.25, -0.2) is 9.97 Å². The van der Waals surface area contributed by atoms with Crippen LogP contribution in [0.1, 0.15) is 21.8 Å². The minimum absolute atomic E-state index is 0.0109. The molecule has 0 radical (unpaired) electrons. The molecule has 5 rings (SSSR count). The zero-order chi connectivity index (χ0) is 25.8. The van der Waals surface area contributed by atoms with E-state index in [4.69, 9.17) is 25.3 Å². The third-order valence-electron chi connectivity index (χ3n) is 5.26. The molecule has 2 aromatic carbocycles. The van der Waals surface area contributed by atoms with Crippen molar-refractivity contribution >= 4 is 34.8 Å². The molecule has 11 nitrogen and oxygen atoms in total. The number of nitrogens with zero attached hydrogens (tertiary/aromatic N) is 4. The van der Waals surface area contributed by atoms with Crippen LogP contribution in [0.15, 0.2) is 87.2 Å². The first kappa shape index (κ1) is 23.8. The molecule has 0 unspecified atom stereocenters. The smallest absolute Gasteiger partial charge is 0.279 e. The molecular weight excluding hydrogens is 500 g/mol. The molecule has 12 heteroatoms. The van der Waals surface area contributed by atoms with E-state index < -0.39 is 11.5 Å². The molecule has 5 aromatic rings. The number of anilines is 3. The molecule has 0 fully saturated rings. The van der Waals surface area contributed by atoms with E-state index in [0.717, 1.165) is 12.0 Å².